The average Bonchev–Trinajstić information content (AvgIpc) is 2.93. The summed E-state index contributed by atoms with van der Waals surface area (Å²) in [6, 6.07) is 4.53. The number of aryl methyl sites for hydroxylation is 2. The molecule has 0 atom stereocenters. The zero-order chi connectivity index (χ0) is 19.5. The Morgan fingerprint density at radius 3 is 2.73 bits per heavy atom. The van der Waals surface area contributed by atoms with Crippen LogP contribution < -0.4 is 10.5 Å². The third-order valence-electron chi connectivity index (χ3n) is 4.03. The standard InChI is InChI=1S/C16H19N5O4S/c1-9-6-11(16(22)23)7-14(10(9)2)26(24,25)19-5-3-4-13-12(8-17)15(18)21-20-13/h6-7,19H,3-5H2,1-2H3,(H,22,23)(H3,18,20,21). The van der Waals surface area contributed by atoms with Gasteiger partial charge in [-0.05, 0) is 49.9 Å². The Kier molecular flexibility index (Phi) is 5.64. The molecule has 0 amide bonds. The van der Waals surface area contributed by atoms with E-state index in [1.807, 2.05) is 6.07 Å². The van der Waals surface area contributed by atoms with Crippen molar-refractivity contribution in [2.45, 2.75) is 31.6 Å². The van der Waals surface area contributed by atoms with Gasteiger partial charge < -0.3 is 10.8 Å². The number of benzene rings is 1. The van der Waals surface area contributed by atoms with Gasteiger partial charge in [-0.2, -0.15) is 10.4 Å². The second-order valence-corrected chi connectivity index (χ2v) is 7.53. The van der Waals surface area contributed by atoms with Crippen LogP contribution in [0.5, 0.6) is 0 Å². The molecule has 0 saturated heterocycles. The van der Waals surface area contributed by atoms with Crippen molar-refractivity contribution in [3.8, 4) is 6.07 Å². The van der Waals surface area contributed by atoms with Gasteiger partial charge in [0.2, 0.25) is 10.0 Å². The number of hydrogen-bond donors (Lipinski definition) is 4. The van der Waals surface area contributed by atoms with Crippen LogP contribution in [0.25, 0.3) is 0 Å². The molecule has 2 rings (SSSR count). The lowest BCUT2D eigenvalue weighted by atomic mass is 10.1. The van der Waals surface area contributed by atoms with E-state index in [1.54, 1.807) is 13.8 Å². The van der Waals surface area contributed by atoms with E-state index in [0.717, 1.165) is 6.07 Å². The van der Waals surface area contributed by atoms with E-state index < -0.39 is 16.0 Å². The van der Waals surface area contributed by atoms with Gasteiger partial charge in [0.1, 0.15) is 11.6 Å². The first-order chi connectivity index (χ1) is 12.2. The van der Waals surface area contributed by atoms with E-state index in [1.165, 1.54) is 6.07 Å². The number of rotatable bonds is 7. The van der Waals surface area contributed by atoms with Crippen LogP contribution in [-0.4, -0.2) is 36.2 Å². The molecule has 1 aromatic carbocycles. The SMILES string of the molecule is Cc1cc(C(=O)O)cc(S(=O)(=O)NCCCc2[nH]nc(N)c2C#N)c1C. The van der Waals surface area contributed by atoms with Crippen LogP contribution in [0.1, 0.15) is 39.2 Å². The van der Waals surface area contributed by atoms with Crippen LogP contribution in [0, 0.1) is 25.2 Å². The van der Waals surface area contributed by atoms with E-state index in [4.69, 9.17) is 16.1 Å². The van der Waals surface area contributed by atoms with Gasteiger partial charge in [0.25, 0.3) is 0 Å². The highest BCUT2D eigenvalue weighted by atomic mass is 32.2. The molecule has 2 aromatic rings. The molecule has 0 aliphatic carbocycles. The maximum absolute atomic E-state index is 12.5. The number of nitrogens with zero attached hydrogens (tertiary/aromatic N) is 2. The van der Waals surface area contributed by atoms with Gasteiger partial charge in [0, 0.05) is 6.54 Å². The molecule has 138 valence electrons. The second kappa shape index (κ2) is 7.55. The first kappa shape index (κ1) is 19.4. The molecule has 0 bridgehead atoms. The van der Waals surface area contributed by atoms with Crippen LogP contribution in [0.2, 0.25) is 0 Å². The van der Waals surface area contributed by atoms with Gasteiger partial charge in [0.05, 0.1) is 16.2 Å². The monoisotopic (exact) mass is 377 g/mol. The number of nitriles is 1. The molecular formula is C16H19N5O4S. The molecule has 0 radical (unpaired) electrons. The van der Waals surface area contributed by atoms with Gasteiger partial charge in [0.15, 0.2) is 5.82 Å². The predicted molar refractivity (Wildman–Crippen MR) is 94.1 cm³/mol. The predicted octanol–water partition coefficient (Wildman–Crippen LogP) is 1.09. The lowest BCUT2D eigenvalue weighted by molar-refractivity contribution is 0.0696. The minimum atomic E-state index is -3.86. The first-order valence-electron chi connectivity index (χ1n) is 7.74. The maximum Gasteiger partial charge on any atom is 0.335 e. The van der Waals surface area contributed by atoms with E-state index in [0.29, 0.717) is 29.7 Å². The Balaban J connectivity index is 2.10. The van der Waals surface area contributed by atoms with E-state index in [2.05, 4.69) is 14.9 Å². The fraction of sp³-hybridized carbons (Fsp3) is 0.312. The fourth-order valence-electron chi connectivity index (χ4n) is 2.48. The minimum absolute atomic E-state index is 0.0570. The lowest BCUT2D eigenvalue weighted by Gasteiger charge is -2.12. The Labute approximate surface area is 150 Å². The van der Waals surface area contributed by atoms with Crippen LogP contribution in [0.15, 0.2) is 17.0 Å². The number of aromatic amines is 1. The molecule has 0 fully saturated rings. The molecule has 0 saturated carbocycles. The molecule has 1 heterocycles. The summed E-state index contributed by atoms with van der Waals surface area (Å²) < 4.78 is 27.5. The highest BCUT2D eigenvalue weighted by Crippen LogP contribution is 2.21. The molecule has 0 spiro atoms. The zero-order valence-corrected chi connectivity index (χ0v) is 15.1. The van der Waals surface area contributed by atoms with E-state index in [-0.39, 0.29) is 28.4 Å². The zero-order valence-electron chi connectivity index (χ0n) is 14.3. The highest BCUT2D eigenvalue weighted by Gasteiger charge is 2.20. The summed E-state index contributed by atoms with van der Waals surface area (Å²) in [4.78, 5) is 11.1. The van der Waals surface area contributed by atoms with Crippen molar-refractivity contribution in [3.05, 3.63) is 40.1 Å². The summed E-state index contributed by atoms with van der Waals surface area (Å²) in [5, 5.41) is 24.5. The number of anilines is 1. The molecule has 5 N–H and O–H groups in total. The van der Waals surface area contributed by atoms with Gasteiger partial charge in [-0.15, -0.1) is 0 Å². The Morgan fingerprint density at radius 1 is 1.42 bits per heavy atom. The Bertz CT molecular complexity index is 989. The number of sulfonamides is 1. The summed E-state index contributed by atoms with van der Waals surface area (Å²) in [6.07, 6.45) is 0.801. The van der Waals surface area contributed by atoms with E-state index in [9.17, 15) is 13.2 Å². The van der Waals surface area contributed by atoms with Crippen LogP contribution in [-0.2, 0) is 16.4 Å². The summed E-state index contributed by atoms with van der Waals surface area (Å²) in [7, 11) is -3.86. The van der Waals surface area contributed by atoms with Crippen LogP contribution in [0.3, 0.4) is 0 Å². The highest BCUT2D eigenvalue weighted by molar-refractivity contribution is 7.89. The number of H-pyrrole nitrogens is 1. The summed E-state index contributed by atoms with van der Waals surface area (Å²) in [5.74, 6) is -1.08. The third kappa shape index (κ3) is 4.01. The second-order valence-electron chi connectivity index (χ2n) is 5.80. The van der Waals surface area contributed by atoms with Crippen molar-refractivity contribution in [1.82, 2.24) is 14.9 Å². The quantitative estimate of drug-likeness (QED) is 0.525. The number of carboxylic acid groups (broad SMARTS) is 1. The number of hydrogen-bond acceptors (Lipinski definition) is 6. The van der Waals surface area contributed by atoms with Gasteiger partial charge in [-0.25, -0.2) is 17.9 Å². The number of aromatic nitrogens is 2. The molecule has 26 heavy (non-hydrogen) atoms. The topological polar surface area (TPSA) is 162 Å². The summed E-state index contributed by atoms with van der Waals surface area (Å²) in [5.41, 5.74) is 7.34. The smallest absolute Gasteiger partial charge is 0.335 e. The molecule has 0 aliphatic heterocycles. The normalized spacial score (nSPS) is 11.3. The number of aromatic carboxylic acids is 1. The van der Waals surface area contributed by atoms with Crippen LogP contribution in [0.4, 0.5) is 5.82 Å². The fourth-order valence-corrected chi connectivity index (χ4v) is 3.89. The van der Waals surface area contributed by atoms with Crippen molar-refractivity contribution < 1.29 is 18.3 Å². The number of nitrogens with one attached hydrogen (secondary N) is 2. The summed E-state index contributed by atoms with van der Waals surface area (Å²) >= 11 is 0. The molecule has 9 nitrogen and oxygen atoms in total. The largest absolute Gasteiger partial charge is 0.478 e. The van der Waals surface area contributed by atoms with Crippen molar-refractivity contribution in [2.24, 2.45) is 0 Å². The lowest BCUT2D eigenvalue weighted by Crippen LogP contribution is -2.26. The van der Waals surface area contributed by atoms with Gasteiger partial charge >= 0.3 is 5.97 Å². The molecule has 1 aromatic heterocycles. The Hall–Kier alpha value is -2.90. The molecule has 0 aliphatic rings. The number of carboxylic acids is 1. The van der Waals surface area contributed by atoms with Crippen LogP contribution >= 0.6 is 0 Å². The van der Waals surface area contributed by atoms with Gasteiger partial charge in [-0.1, -0.05) is 0 Å². The first-order valence-corrected chi connectivity index (χ1v) is 9.22. The van der Waals surface area contributed by atoms with E-state index >= 15 is 0 Å². The van der Waals surface area contributed by atoms with Gasteiger partial charge in [-0.3, -0.25) is 5.10 Å². The maximum atomic E-state index is 12.5. The number of nitrogen functional groups attached to an aromatic ring is 1. The minimum Gasteiger partial charge on any atom is -0.478 e. The number of nitrogens with two attached hydrogens (primary N) is 1. The van der Waals surface area contributed by atoms with Crippen molar-refractivity contribution in [2.75, 3.05) is 12.3 Å². The summed E-state index contributed by atoms with van der Waals surface area (Å²) in [6.45, 7) is 3.40. The molecule has 0 unspecified atom stereocenters. The van der Waals surface area contributed by atoms with Crippen molar-refractivity contribution >= 4 is 21.8 Å². The van der Waals surface area contributed by atoms with Crippen molar-refractivity contribution in [3.63, 3.8) is 0 Å². The van der Waals surface area contributed by atoms with Crippen molar-refractivity contribution in [1.29, 1.82) is 5.26 Å². The average molecular weight is 377 g/mol. The molecule has 10 heteroatoms. The third-order valence-corrected chi connectivity index (χ3v) is 5.62. The number of carbonyl (C=O) groups is 1. The Morgan fingerprint density at radius 2 is 2.12 bits per heavy atom. The molecular weight excluding hydrogens is 358 g/mol.